The Morgan fingerprint density at radius 2 is 2.35 bits per heavy atom. The van der Waals surface area contributed by atoms with Gasteiger partial charge in [-0.3, -0.25) is 4.79 Å². The molecule has 0 spiro atoms. The summed E-state index contributed by atoms with van der Waals surface area (Å²) in [5, 5.41) is 9.84. The van der Waals surface area contributed by atoms with E-state index in [2.05, 4.69) is 0 Å². The number of aliphatic hydroxyl groups is 1. The van der Waals surface area contributed by atoms with Crippen LogP contribution in [0.25, 0.3) is 0 Å². The second-order valence-corrected chi connectivity index (χ2v) is 4.79. The monoisotopic (exact) mass is 255 g/mol. The Balaban J connectivity index is 2.27. The van der Waals surface area contributed by atoms with Gasteiger partial charge >= 0.3 is 0 Å². The second kappa shape index (κ2) is 4.64. The Morgan fingerprint density at radius 1 is 1.59 bits per heavy atom. The van der Waals surface area contributed by atoms with E-state index in [0.717, 1.165) is 5.69 Å². The molecule has 2 rings (SSSR count). The first-order chi connectivity index (χ1) is 8.04. The van der Waals surface area contributed by atoms with E-state index in [1.54, 1.807) is 30.0 Å². The van der Waals surface area contributed by atoms with Crippen molar-refractivity contribution in [2.45, 2.75) is 12.5 Å². The number of benzene rings is 1. The van der Waals surface area contributed by atoms with E-state index >= 15 is 0 Å². The molecule has 92 valence electrons. The van der Waals surface area contributed by atoms with E-state index in [9.17, 15) is 9.90 Å². The molecule has 0 aromatic heterocycles. The predicted molar refractivity (Wildman–Crippen MR) is 65.2 cm³/mol. The Bertz CT molecular complexity index is 438. The van der Waals surface area contributed by atoms with E-state index < -0.39 is 5.60 Å². The Labute approximate surface area is 105 Å². The maximum Gasteiger partial charge on any atom is 0.253 e. The largest absolute Gasteiger partial charge is 0.393 e. The van der Waals surface area contributed by atoms with E-state index in [1.165, 1.54) is 0 Å². The van der Waals surface area contributed by atoms with Crippen molar-refractivity contribution in [2.75, 3.05) is 24.7 Å². The third-order valence-electron chi connectivity index (χ3n) is 2.79. The molecule has 1 heterocycles. The van der Waals surface area contributed by atoms with Gasteiger partial charge in [0.2, 0.25) is 0 Å². The molecule has 1 amide bonds. The van der Waals surface area contributed by atoms with Gasteiger partial charge in [0.25, 0.3) is 5.91 Å². The van der Waals surface area contributed by atoms with Crippen LogP contribution in [0, 0.1) is 0 Å². The number of morpholine rings is 1. The summed E-state index contributed by atoms with van der Waals surface area (Å²) in [6, 6.07) is 7.08. The lowest BCUT2D eigenvalue weighted by molar-refractivity contribution is -0.141. The molecule has 17 heavy (non-hydrogen) atoms. The summed E-state index contributed by atoms with van der Waals surface area (Å²) in [6.07, 6.45) is 0. The van der Waals surface area contributed by atoms with Crippen molar-refractivity contribution >= 4 is 23.2 Å². The van der Waals surface area contributed by atoms with Gasteiger partial charge in [-0.2, -0.15) is 0 Å². The van der Waals surface area contributed by atoms with Gasteiger partial charge in [0.1, 0.15) is 12.2 Å². The lowest BCUT2D eigenvalue weighted by Gasteiger charge is -2.39. The third-order valence-corrected chi connectivity index (χ3v) is 3.03. The lowest BCUT2D eigenvalue weighted by Crippen LogP contribution is -2.55. The smallest absolute Gasteiger partial charge is 0.253 e. The van der Waals surface area contributed by atoms with Crippen molar-refractivity contribution in [1.29, 1.82) is 0 Å². The summed E-state index contributed by atoms with van der Waals surface area (Å²) in [5.74, 6) is -0.127. The Kier molecular flexibility index (Phi) is 3.38. The SMILES string of the molecule is CC1(CO)CN(c2cccc(Cl)c2)C(=O)CO1. The summed E-state index contributed by atoms with van der Waals surface area (Å²) in [7, 11) is 0. The molecule has 1 saturated heterocycles. The van der Waals surface area contributed by atoms with Crippen LogP contribution in [0.3, 0.4) is 0 Å². The Hall–Kier alpha value is -1.10. The fraction of sp³-hybridized carbons (Fsp3) is 0.417. The van der Waals surface area contributed by atoms with Crippen LogP contribution in [0.1, 0.15) is 6.92 Å². The number of hydrogen-bond acceptors (Lipinski definition) is 3. The van der Waals surface area contributed by atoms with Crippen molar-refractivity contribution < 1.29 is 14.6 Å². The number of amides is 1. The fourth-order valence-corrected chi connectivity index (χ4v) is 1.94. The maximum absolute atomic E-state index is 11.8. The normalized spacial score (nSPS) is 25.1. The zero-order valence-corrected chi connectivity index (χ0v) is 10.3. The van der Waals surface area contributed by atoms with Crippen molar-refractivity contribution in [1.82, 2.24) is 0 Å². The number of nitrogens with zero attached hydrogens (tertiary/aromatic N) is 1. The molecule has 1 unspecified atom stereocenters. The number of hydrogen-bond donors (Lipinski definition) is 1. The summed E-state index contributed by atoms with van der Waals surface area (Å²) in [5.41, 5.74) is 0.0152. The summed E-state index contributed by atoms with van der Waals surface area (Å²) >= 11 is 5.90. The van der Waals surface area contributed by atoms with Gasteiger partial charge in [-0.05, 0) is 25.1 Å². The van der Waals surface area contributed by atoms with Gasteiger partial charge in [0, 0.05) is 10.7 Å². The number of anilines is 1. The molecule has 1 aromatic rings. The van der Waals surface area contributed by atoms with Crippen molar-refractivity contribution in [3.05, 3.63) is 29.3 Å². The highest BCUT2D eigenvalue weighted by molar-refractivity contribution is 6.30. The van der Waals surface area contributed by atoms with Gasteiger partial charge in [-0.1, -0.05) is 17.7 Å². The molecule has 1 atom stereocenters. The highest BCUT2D eigenvalue weighted by atomic mass is 35.5. The first kappa shape index (κ1) is 12.4. The van der Waals surface area contributed by atoms with Gasteiger partial charge in [0.05, 0.1) is 13.2 Å². The lowest BCUT2D eigenvalue weighted by atomic mass is 10.0. The molecule has 1 aromatic carbocycles. The molecule has 5 heteroatoms. The third kappa shape index (κ3) is 2.60. The van der Waals surface area contributed by atoms with E-state index in [1.807, 2.05) is 6.07 Å². The minimum Gasteiger partial charge on any atom is -0.393 e. The number of ether oxygens (including phenoxy) is 1. The van der Waals surface area contributed by atoms with Crippen LogP contribution < -0.4 is 4.90 Å². The standard InChI is InChI=1S/C12H14ClNO3/c1-12(8-15)7-14(11(16)6-17-12)10-4-2-3-9(13)5-10/h2-5,15H,6-8H2,1H3. The highest BCUT2D eigenvalue weighted by Crippen LogP contribution is 2.25. The average Bonchev–Trinajstić information content (AvgIpc) is 2.33. The van der Waals surface area contributed by atoms with Gasteiger partial charge < -0.3 is 14.7 Å². The van der Waals surface area contributed by atoms with E-state index in [4.69, 9.17) is 16.3 Å². The molecular formula is C12H14ClNO3. The number of carbonyl (C=O) groups is 1. The van der Waals surface area contributed by atoms with Crippen molar-refractivity contribution in [2.24, 2.45) is 0 Å². The number of rotatable bonds is 2. The minimum atomic E-state index is -0.712. The molecule has 0 bridgehead atoms. The summed E-state index contributed by atoms with van der Waals surface area (Å²) in [6.45, 7) is 1.95. The molecule has 0 saturated carbocycles. The molecule has 4 nitrogen and oxygen atoms in total. The molecule has 1 aliphatic heterocycles. The molecular weight excluding hydrogens is 242 g/mol. The molecule has 0 radical (unpaired) electrons. The second-order valence-electron chi connectivity index (χ2n) is 4.36. The topological polar surface area (TPSA) is 49.8 Å². The molecule has 1 fully saturated rings. The molecule has 1 N–H and O–H groups in total. The van der Waals surface area contributed by atoms with Crippen LogP contribution in [0.4, 0.5) is 5.69 Å². The van der Waals surface area contributed by atoms with Crippen LogP contribution in [-0.2, 0) is 9.53 Å². The quantitative estimate of drug-likeness (QED) is 0.870. The van der Waals surface area contributed by atoms with Crippen molar-refractivity contribution in [3.63, 3.8) is 0 Å². The zero-order chi connectivity index (χ0) is 12.5. The van der Waals surface area contributed by atoms with Crippen LogP contribution >= 0.6 is 11.6 Å². The highest BCUT2D eigenvalue weighted by Gasteiger charge is 2.36. The first-order valence-electron chi connectivity index (χ1n) is 5.35. The number of aliphatic hydroxyl groups excluding tert-OH is 1. The van der Waals surface area contributed by atoms with Gasteiger partial charge in [-0.25, -0.2) is 0 Å². The minimum absolute atomic E-state index is 0.0242. The van der Waals surface area contributed by atoms with Crippen LogP contribution in [-0.4, -0.2) is 36.4 Å². The zero-order valence-electron chi connectivity index (χ0n) is 9.52. The molecule has 0 aliphatic carbocycles. The maximum atomic E-state index is 11.8. The predicted octanol–water partition coefficient (Wildman–Crippen LogP) is 1.45. The number of halogens is 1. The van der Waals surface area contributed by atoms with E-state index in [0.29, 0.717) is 11.6 Å². The first-order valence-corrected chi connectivity index (χ1v) is 5.73. The van der Waals surface area contributed by atoms with Crippen LogP contribution in [0.15, 0.2) is 24.3 Å². The average molecular weight is 256 g/mol. The van der Waals surface area contributed by atoms with Crippen LogP contribution in [0.5, 0.6) is 0 Å². The van der Waals surface area contributed by atoms with Crippen LogP contribution in [0.2, 0.25) is 5.02 Å². The Morgan fingerprint density at radius 3 is 3.00 bits per heavy atom. The number of carbonyl (C=O) groups excluding carboxylic acids is 1. The summed E-state index contributed by atoms with van der Waals surface area (Å²) < 4.78 is 5.33. The summed E-state index contributed by atoms with van der Waals surface area (Å²) in [4.78, 5) is 13.4. The van der Waals surface area contributed by atoms with Crippen molar-refractivity contribution in [3.8, 4) is 0 Å². The molecule has 1 aliphatic rings. The fourth-order valence-electron chi connectivity index (χ4n) is 1.76. The van der Waals surface area contributed by atoms with E-state index in [-0.39, 0.29) is 19.1 Å². The van der Waals surface area contributed by atoms with Gasteiger partial charge in [-0.15, -0.1) is 0 Å². The van der Waals surface area contributed by atoms with Gasteiger partial charge in [0.15, 0.2) is 0 Å².